The van der Waals surface area contributed by atoms with Gasteiger partial charge in [0.25, 0.3) is 0 Å². The molecule has 5 nitrogen and oxygen atoms in total. The number of likely N-dealkylation sites (N-methyl/N-ethyl adjacent to an activating group) is 1. The van der Waals surface area contributed by atoms with Crippen molar-refractivity contribution in [3.63, 3.8) is 0 Å². The van der Waals surface area contributed by atoms with E-state index in [2.05, 4.69) is 51.6 Å². The molecule has 0 unspecified atom stereocenters. The molecule has 1 aliphatic rings. The average molecular weight is 385 g/mol. The lowest BCUT2D eigenvalue weighted by atomic mass is 10.2. The van der Waals surface area contributed by atoms with Gasteiger partial charge < -0.3 is 25.2 Å². The largest absolute Gasteiger partial charge is 0.497 e. The molecule has 144 valence electrons. The Balaban J connectivity index is 1.46. The zero-order chi connectivity index (χ0) is 19.1. The summed E-state index contributed by atoms with van der Waals surface area (Å²) in [5.74, 6) is 0.857. The molecule has 2 aromatic carbocycles. The van der Waals surface area contributed by atoms with Crippen LogP contribution in [0.15, 0.2) is 48.5 Å². The predicted molar refractivity (Wildman–Crippen MR) is 117 cm³/mol. The number of benzene rings is 2. The van der Waals surface area contributed by atoms with Gasteiger partial charge in [-0.15, -0.1) is 0 Å². The van der Waals surface area contributed by atoms with Gasteiger partial charge in [0.2, 0.25) is 0 Å². The maximum absolute atomic E-state index is 5.41. The summed E-state index contributed by atoms with van der Waals surface area (Å²) < 4.78 is 5.17. The lowest BCUT2D eigenvalue weighted by Gasteiger charge is -2.35. The molecular formula is C21H28N4OS. The van der Waals surface area contributed by atoms with Crippen molar-refractivity contribution < 1.29 is 4.74 Å². The highest BCUT2D eigenvalue weighted by Gasteiger charge is 2.15. The summed E-state index contributed by atoms with van der Waals surface area (Å²) in [6.07, 6.45) is 0. The molecule has 6 heteroatoms. The van der Waals surface area contributed by atoms with Gasteiger partial charge in [0.05, 0.1) is 7.11 Å². The lowest BCUT2D eigenvalue weighted by Crippen LogP contribution is -2.46. The standard InChI is InChI=1S/C21H28N4OS/c1-3-24-12-14-25(15-13-24)19-8-6-18(7-9-19)23-21(27)22-16-17-4-10-20(26-2)11-5-17/h4-11H,3,12-16H2,1-2H3,(H2,22,23,27). The van der Waals surface area contributed by atoms with E-state index in [9.17, 15) is 0 Å². The van der Waals surface area contributed by atoms with Crippen LogP contribution in [0.25, 0.3) is 0 Å². The highest BCUT2D eigenvalue weighted by atomic mass is 32.1. The fourth-order valence-corrected chi connectivity index (χ4v) is 3.37. The minimum absolute atomic E-state index is 0.620. The number of nitrogens with zero attached hydrogens (tertiary/aromatic N) is 2. The lowest BCUT2D eigenvalue weighted by molar-refractivity contribution is 0.271. The third-order valence-electron chi connectivity index (χ3n) is 4.92. The maximum Gasteiger partial charge on any atom is 0.171 e. The molecule has 2 aromatic rings. The quantitative estimate of drug-likeness (QED) is 0.745. The first kappa shape index (κ1) is 19.5. The molecule has 0 spiro atoms. The van der Waals surface area contributed by atoms with Crippen molar-refractivity contribution in [1.29, 1.82) is 0 Å². The van der Waals surface area contributed by atoms with Gasteiger partial charge in [0, 0.05) is 44.1 Å². The van der Waals surface area contributed by atoms with E-state index in [0.717, 1.165) is 49.7 Å². The van der Waals surface area contributed by atoms with Crippen molar-refractivity contribution >= 4 is 28.7 Å². The van der Waals surface area contributed by atoms with Gasteiger partial charge in [-0.3, -0.25) is 0 Å². The summed E-state index contributed by atoms with van der Waals surface area (Å²) in [6.45, 7) is 8.48. The molecule has 2 N–H and O–H groups in total. The van der Waals surface area contributed by atoms with E-state index in [1.54, 1.807) is 7.11 Å². The minimum Gasteiger partial charge on any atom is -0.497 e. The monoisotopic (exact) mass is 384 g/mol. The van der Waals surface area contributed by atoms with Gasteiger partial charge in [-0.25, -0.2) is 0 Å². The average Bonchev–Trinajstić information content (AvgIpc) is 2.73. The Morgan fingerprint density at radius 2 is 1.67 bits per heavy atom. The molecule has 3 rings (SSSR count). The summed E-state index contributed by atoms with van der Waals surface area (Å²) in [4.78, 5) is 4.93. The van der Waals surface area contributed by atoms with Crippen molar-refractivity contribution in [2.45, 2.75) is 13.5 Å². The Morgan fingerprint density at radius 1 is 1.00 bits per heavy atom. The zero-order valence-corrected chi connectivity index (χ0v) is 16.9. The number of nitrogens with one attached hydrogen (secondary N) is 2. The van der Waals surface area contributed by atoms with Gasteiger partial charge in [-0.2, -0.15) is 0 Å². The van der Waals surface area contributed by atoms with E-state index in [1.165, 1.54) is 5.69 Å². The van der Waals surface area contributed by atoms with Crippen LogP contribution in [0.5, 0.6) is 5.75 Å². The van der Waals surface area contributed by atoms with Crippen LogP contribution < -0.4 is 20.3 Å². The smallest absolute Gasteiger partial charge is 0.171 e. The van der Waals surface area contributed by atoms with Crippen LogP contribution in [0.4, 0.5) is 11.4 Å². The highest BCUT2D eigenvalue weighted by molar-refractivity contribution is 7.80. The van der Waals surface area contributed by atoms with Crippen molar-refractivity contribution in [3.8, 4) is 5.75 Å². The molecule has 0 amide bonds. The van der Waals surface area contributed by atoms with Gasteiger partial charge in [-0.05, 0) is 60.7 Å². The number of methoxy groups -OCH3 is 1. The van der Waals surface area contributed by atoms with Crippen molar-refractivity contribution in [1.82, 2.24) is 10.2 Å². The number of anilines is 2. The van der Waals surface area contributed by atoms with Gasteiger partial charge >= 0.3 is 0 Å². The van der Waals surface area contributed by atoms with E-state index < -0.39 is 0 Å². The van der Waals surface area contributed by atoms with Gasteiger partial charge in [0.15, 0.2) is 5.11 Å². The summed E-state index contributed by atoms with van der Waals surface area (Å²) in [7, 11) is 1.67. The molecule has 0 aromatic heterocycles. The third kappa shape index (κ3) is 5.58. The van der Waals surface area contributed by atoms with Crippen LogP contribution in [0, 0.1) is 0 Å². The van der Waals surface area contributed by atoms with Crippen LogP contribution in [0.2, 0.25) is 0 Å². The van der Waals surface area contributed by atoms with Crippen molar-refractivity contribution in [2.24, 2.45) is 0 Å². The first-order valence-corrected chi connectivity index (χ1v) is 9.84. The minimum atomic E-state index is 0.620. The molecule has 1 aliphatic heterocycles. The predicted octanol–water partition coefficient (Wildman–Crippen LogP) is 3.32. The normalized spacial score (nSPS) is 14.7. The third-order valence-corrected chi connectivity index (χ3v) is 5.17. The first-order chi connectivity index (χ1) is 13.2. The van der Waals surface area contributed by atoms with Crippen LogP contribution in [-0.4, -0.2) is 49.8 Å². The Kier molecular flexibility index (Phi) is 6.90. The van der Waals surface area contributed by atoms with E-state index in [1.807, 2.05) is 24.3 Å². The molecule has 0 aliphatic carbocycles. The number of piperazine rings is 1. The molecule has 0 saturated carbocycles. The Bertz CT molecular complexity index is 725. The second kappa shape index (κ2) is 9.58. The molecule has 27 heavy (non-hydrogen) atoms. The van der Waals surface area contributed by atoms with Crippen LogP contribution in [0.1, 0.15) is 12.5 Å². The zero-order valence-electron chi connectivity index (χ0n) is 16.1. The van der Waals surface area contributed by atoms with Crippen LogP contribution in [0.3, 0.4) is 0 Å². The molecule has 0 atom stereocenters. The molecule has 0 bridgehead atoms. The maximum atomic E-state index is 5.41. The summed E-state index contributed by atoms with van der Waals surface area (Å²) in [5.41, 5.74) is 3.42. The van der Waals surface area contributed by atoms with Crippen molar-refractivity contribution in [2.75, 3.05) is 50.1 Å². The molecule has 1 saturated heterocycles. The van der Waals surface area contributed by atoms with Crippen LogP contribution in [-0.2, 0) is 6.54 Å². The number of thiocarbonyl (C=S) groups is 1. The summed E-state index contributed by atoms with van der Waals surface area (Å²) >= 11 is 5.41. The second-order valence-electron chi connectivity index (χ2n) is 6.62. The number of ether oxygens (including phenoxy) is 1. The Morgan fingerprint density at radius 3 is 2.26 bits per heavy atom. The molecule has 0 radical (unpaired) electrons. The highest BCUT2D eigenvalue weighted by Crippen LogP contribution is 2.19. The Hall–Kier alpha value is -2.31. The van der Waals surface area contributed by atoms with E-state index in [-0.39, 0.29) is 0 Å². The SMILES string of the molecule is CCN1CCN(c2ccc(NC(=S)NCc3ccc(OC)cc3)cc2)CC1. The number of hydrogen-bond acceptors (Lipinski definition) is 4. The number of rotatable bonds is 6. The topological polar surface area (TPSA) is 39.8 Å². The summed E-state index contributed by atoms with van der Waals surface area (Å²) in [5, 5.41) is 7.11. The first-order valence-electron chi connectivity index (χ1n) is 9.43. The fraction of sp³-hybridized carbons (Fsp3) is 0.381. The Labute approximate surface area is 167 Å². The van der Waals surface area contributed by atoms with Crippen LogP contribution >= 0.6 is 12.2 Å². The molecule has 1 heterocycles. The van der Waals surface area contributed by atoms with Gasteiger partial charge in [-0.1, -0.05) is 19.1 Å². The summed E-state index contributed by atoms with van der Waals surface area (Å²) in [6, 6.07) is 16.5. The molecule has 1 fully saturated rings. The number of hydrogen-bond donors (Lipinski definition) is 2. The van der Waals surface area contributed by atoms with E-state index >= 15 is 0 Å². The fourth-order valence-electron chi connectivity index (χ4n) is 3.18. The van der Waals surface area contributed by atoms with E-state index in [0.29, 0.717) is 11.7 Å². The second-order valence-corrected chi connectivity index (χ2v) is 7.03. The van der Waals surface area contributed by atoms with Crippen molar-refractivity contribution in [3.05, 3.63) is 54.1 Å². The van der Waals surface area contributed by atoms with E-state index in [4.69, 9.17) is 17.0 Å². The molecular weight excluding hydrogens is 356 g/mol. The van der Waals surface area contributed by atoms with Gasteiger partial charge in [0.1, 0.15) is 5.75 Å².